The Balaban J connectivity index is 2.07. The molecule has 1 amide bonds. The molecule has 0 atom stereocenters. The summed E-state index contributed by atoms with van der Waals surface area (Å²) < 4.78 is 34.0. The number of amides is 1. The average molecular weight is 320 g/mol. The molecule has 0 saturated carbocycles. The highest BCUT2D eigenvalue weighted by Crippen LogP contribution is 2.31. The smallest absolute Gasteiger partial charge is 0.387 e. The number of carbonyl (C=O) groups excluding carboxylic acids is 1. The predicted octanol–water partition coefficient (Wildman–Crippen LogP) is 3.34. The molecule has 1 heterocycles. The predicted molar refractivity (Wildman–Crippen MR) is 81.5 cm³/mol. The zero-order valence-electron chi connectivity index (χ0n) is 12.2. The summed E-state index contributed by atoms with van der Waals surface area (Å²) in [5, 5.41) is 2.55. The number of ether oxygens (including phenoxy) is 2. The Morgan fingerprint density at radius 3 is 2.78 bits per heavy atom. The molecule has 0 saturated heterocycles. The van der Waals surface area contributed by atoms with Crippen LogP contribution in [0.25, 0.3) is 6.08 Å². The number of aromatic nitrogens is 1. The maximum atomic E-state index is 12.4. The van der Waals surface area contributed by atoms with Crippen LogP contribution in [-0.2, 0) is 4.79 Å². The first-order valence-electron chi connectivity index (χ1n) is 6.60. The minimum absolute atomic E-state index is 0.147. The van der Waals surface area contributed by atoms with Crippen molar-refractivity contribution in [2.75, 3.05) is 12.4 Å². The van der Waals surface area contributed by atoms with Crippen LogP contribution in [0, 0.1) is 0 Å². The molecule has 1 N–H and O–H groups in total. The molecule has 2 rings (SSSR count). The van der Waals surface area contributed by atoms with Crippen LogP contribution in [0.15, 0.2) is 48.8 Å². The van der Waals surface area contributed by atoms with Crippen LogP contribution < -0.4 is 14.8 Å². The van der Waals surface area contributed by atoms with E-state index in [1.165, 1.54) is 31.4 Å². The summed E-state index contributed by atoms with van der Waals surface area (Å²) in [7, 11) is 1.34. The molecule has 2 aromatic rings. The number of nitrogens with zero attached hydrogens (tertiary/aromatic N) is 1. The third kappa shape index (κ3) is 5.06. The first-order valence-corrected chi connectivity index (χ1v) is 6.60. The fourth-order valence-corrected chi connectivity index (χ4v) is 1.77. The molecule has 0 aliphatic carbocycles. The van der Waals surface area contributed by atoms with Crippen molar-refractivity contribution >= 4 is 17.7 Å². The minimum Gasteiger partial charge on any atom is -0.493 e. The Kier molecular flexibility index (Phi) is 5.62. The van der Waals surface area contributed by atoms with Crippen LogP contribution >= 0.6 is 0 Å². The van der Waals surface area contributed by atoms with Crippen LogP contribution in [0.3, 0.4) is 0 Å². The summed E-state index contributed by atoms with van der Waals surface area (Å²) >= 11 is 0. The molecule has 0 aliphatic heterocycles. The Morgan fingerprint density at radius 1 is 1.30 bits per heavy atom. The Hall–Kier alpha value is -2.96. The lowest BCUT2D eigenvalue weighted by atomic mass is 10.2. The van der Waals surface area contributed by atoms with Gasteiger partial charge in [0.15, 0.2) is 11.5 Å². The fraction of sp³-hybridized carbons (Fsp3) is 0.125. The van der Waals surface area contributed by atoms with Gasteiger partial charge in [-0.3, -0.25) is 9.78 Å². The van der Waals surface area contributed by atoms with Crippen LogP contribution in [0.1, 0.15) is 5.56 Å². The van der Waals surface area contributed by atoms with Crippen LogP contribution in [0.4, 0.5) is 14.5 Å². The Bertz CT molecular complexity index is 691. The molecule has 5 nitrogen and oxygen atoms in total. The van der Waals surface area contributed by atoms with E-state index in [2.05, 4.69) is 15.0 Å². The number of halogens is 2. The van der Waals surface area contributed by atoms with Gasteiger partial charge in [0.1, 0.15) is 0 Å². The van der Waals surface area contributed by atoms with Gasteiger partial charge in [-0.2, -0.15) is 8.78 Å². The normalized spacial score (nSPS) is 10.8. The molecular formula is C16H14F2N2O3. The first-order chi connectivity index (χ1) is 11.1. The van der Waals surface area contributed by atoms with Crippen molar-refractivity contribution in [2.24, 2.45) is 0 Å². The summed E-state index contributed by atoms with van der Waals surface area (Å²) in [5.41, 5.74) is 1.07. The maximum absolute atomic E-state index is 12.4. The lowest BCUT2D eigenvalue weighted by Gasteiger charge is -2.11. The molecule has 1 aromatic carbocycles. The van der Waals surface area contributed by atoms with E-state index in [9.17, 15) is 13.6 Å². The number of nitrogens with one attached hydrogen (secondary N) is 1. The van der Waals surface area contributed by atoms with Crippen molar-refractivity contribution in [3.05, 3.63) is 54.4 Å². The van der Waals surface area contributed by atoms with Crippen LogP contribution in [-0.4, -0.2) is 24.6 Å². The quantitative estimate of drug-likeness (QED) is 0.829. The molecule has 7 heteroatoms. The Morgan fingerprint density at radius 2 is 2.13 bits per heavy atom. The van der Waals surface area contributed by atoms with Crippen LogP contribution in [0.5, 0.6) is 11.5 Å². The summed E-state index contributed by atoms with van der Waals surface area (Å²) in [6.45, 7) is -2.99. The van der Waals surface area contributed by atoms with Gasteiger partial charge in [0.25, 0.3) is 0 Å². The third-order valence-corrected chi connectivity index (χ3v) is 2.76. The average Bonchev–Trinajstić information content (AvgIpc) is 2.54. The van der Waals surface area contributed by atoms with Gasteiger partial charge in [0.05, 0.1) is 7.11 Å². The molecule has 1 aromatic heterocycles. The number of anilines is 1. The highest BCUT2D eigenvalue weighted by atomic mass is 19.3. The van der Waals surface area contributed by atoms with Gasteiger partial charge in [-0.1, -0.05) is 6.07 Å². The van der Waals surface area contributed by atoms with E-state index >= 15 is 0 Å². The third-order valence-electron chi connectivity index (χ3n) is 2.76. The molecule has 0 unspecified atom stereocenters. The van der Waals surface area contributed by atoms with Crippen molar-refractivity contribution in [1.29, 1.82) is 0 Å². The largest absolute Gasteiger partial charge is 0.493 e. The van der Waals surface area contributed by atoms with E-state index in [1.807, 2.05) is 0 Å². The molecule has 120 valence electrons. The number of methoxy groups -OCH3 is 1. The van der Waals surface area contributed by atoms with Gasteiger partial charge >= 0.3 is 6.61 Å². The number of benzene rings is 1. The topological polar surface area (TPSA) is 60.5 Å². The van der Waals surface area contributed by atoms with Crippen molar-refractivity contribution in [3.8, 4) is 11.5 Å². The van der Waals surface area contributed by atoms with Crippen molar-refractivity contribution in [1.82, 2.24) is 4.98 Å². The second-order valence-electron chi connectivity index (χ2n) is 4.35. The van der Waals surface area contributed by atoms with Gasteiger partial charge < -0.3 is 14.8 Å². The summed E-state index contributed by atoms with van der Waals surface area (Å²) in [4.78, 5) is 15.8. The SMILES string of the molecule is COc1ccc(NC(=O)/C=C/c2cccnc2)cc1OC(F)F. The monoisotopic (exact) mass is 320 g/mol. The van der Waals surface area contributed by atoms with E-state index in [0.29, 0.717) is 5.69 Å². The van der Waals surface area contributed by atoms with Gasteiger partial charge in [-0.05, 0) is 29.8 Å². The fourth-order valence-electron chi connectivity index (χ4n) is 1.77. The first kappa shape index (κ1) is 16.4. The standard InChI is InChI=1S/C16H14F2N2O3/c1-22-13-6-5-12(9-14(13)23-16(17)18)20-15(21)7-4-11-3-2-8-19-10-11/h2-10,16H,1H3,(H,20,21)/b7-4+. The van der Waals surface area contributed by atoms with E-state index in [1.54, 1.807) is 30.6 Å². The van der Waals surface area contributed by atoms with Crippen molar-refractivity contribution < 1.29 is 23.0 Å². The number of hydrogen-bond acceptors (Lipinski definition) is 4. The van der Waals surface area contributed by atoms with E-state index in [-0.39, 0.29) is 11.5 Å². The lowest BCUT2D eigenvalue weighted by molar-refractivity contribution is -0.111. The second kappa shape index (κ2) is 7.88. The van der Waals surface area contributed by atoms with Crippen LogP contribution in [0.2, 0.25) is 0 Å². The molecule has 0 fully saturated rings. The molecule has 0 bridgehead atoms. The van der Waals surface area contributed by atoms with Gasteiger partial charge in [-0.15, -0.1) is 0 Å². The van der Waals surface area contributed by atoms with E-state index in [0.717, 1.165) is 5.56 Å². The number of alkyl halides is 2. The van der Waals surface area contributed by atoms with Gasteiger partial charge in [0, 0.05) is 30.2 Å². The minimum atomic E-state index is -2.99. The number of hydrogen-bond donors (Lipinski definition) is 1. The molecule has 0 radical (unpaired) electrons. The molecule has 0 aliphatic rings. The van der Waals surface area contributed by atoms with E-state index < -0.39 is 12.5 Å². The summed E-state index contributed by atoms with van der Waals surface area (Å²) in [6.07, 6.45) is 6.13. The number of carbonyl (C=O) groups is 1. The van der Waals surface area contributed by atoms with Crippen molar-refractivity contribution in [3.63, 3.8) is 0 Å². The van der Waals surface area contributed by atoms with Gasteiger partial charge in [-0.25, -0.2) is 0 Å². The second-order valence-corrected chi connectivity index (χ2v) is 4.35. The number of rotatable bonds is 6. The summed E-state index contributed by atoms with van der Waals surface area (Å²) in [5.74, 6) is -0.423. The summed E-state index contributed by atoms with van der Waals surface area (Å²) in [6, 6.07) is 7.75. The zero-order valence-corrected chi connectivity index (χ0v) is 12.2. The Labute approximate surface area is 131 Å². The highest BCUT2D eigenvalue weighted by molar-refractivity contribution is 6.02. The molecule has 0 spiro atoms. The van der Waals surface area contributed by atoms with Gasteiger partial charge in [0.2, 0.25) is 5.91 Å². The molecular weight excluding hydrogens is 306 g/mol. The highest BCUT2D eigenvalue weighted by Gasteiger charge is 2.11. The molecule has 23 heavy (non-hydrogen) atoms. The zero-order chi connectivity index (χ0) is 16.7. The van der Waals surface area contributed by atoms with Crippen molar-refractivity contribution in [2.45, 2.75) is 6.61 Å². The number of pyridine rings is 1. The lowest BCUT2D eigenvalue weighted by Crippen LogP contribution is -2.09. The maximum Gasteiger partial charge on any atom is 0.387 e. The van der Waals surface area contributed by atoms with E-state index in [4.69, 9.17) is 4.74 Å².